The fourth-order valence-electron chi connectivity index (χ4n) is 3.57. The Hall–Kier alpha value is -2.32. The minimum Gasteiger partial charge on any atom is -0.491 e. The number of benzene rings is 1. The van der Waals surface area contributed by atoms with Crippen molar-refractivity contribution in [3.05, 3.63) is 17.8 Å². The van der Waals surface area contributed by atoms with Crippen molar-refractivity contribution in [2.24, 2.45) is 0 Å². The van der Waals surface area contributed by atoms with Crippen LogP contribution in [0.25, 0.3) is 10.9 Å². The molecule has 3 heterocycles. The first-order valence-electron chi connectivity index (χ1n) is 9.11. The lowest BCUT2D eigenvalue weighted by molar-refractivity contribution is 0.0357. The first-order valence-corrected chi connectivity index (χ1v) is 9.11. The van der Waals surface area contributed by atoms with Gasteiger partial charge in [0.1, 0.15) is 11.3 Å². The van der Waals surface area contributed by atoms with Gasteiger partial charge < -0.3 is 19.5 Å². The lowest BCUT2D eigenvalue weighted by Gasteiger charge is -2.26. The van der Waals surface area contributed by atoms with Gasteiger partial charge in [-0.3, -0.25) is 14.9 Å². The van der Waals surface area contributed by atoms with Gasteiger partial charge in [0, 0.05) is 38.1 Å². The van der Waals surface area contributed by atoms with E-state index in [0.29, 0.717) is 23.6 Å². The third-order valence-electron chi connectivity index (χ3n) is 4.91. The van der Waals surface area contributed by atoms with E-state index in [1.54, 1.807) is 7.11 Å². The smallest absolute Gasteiger partial charge is 0.224 e. The second kappa shape index (κ2) is 7.51. The third-order valence-corrected chi connectivity index (χ3v) is 4.91. The molecule has 2 aliphatic heterocycles. The van der Waals surface area contributed by atoms with Crippen LogP contribution in [0.1, 0.15) is 6.42 Å². The van der Waals surface area contributed by atoms with E-state index < -0.39 is 0 Å². The number of morpholine rings is 1. The predicted molar refractivity (Wildman–Crippen MR) is 98.0 cm³/mol. The number of rotatable bonds is 6. The largest absolute Gasteiger partial charge is 0.491 e. The molecule has 0 atom stereocenters. The summed E-state index contributed by atoms with van der Waals surface area (Å²) in [7, 11) is 1.62. The highest BCUT2D eigenvalue weighted by atomic mass is 16.5. The molecule has 0 radical (unpaired) electrons. The molecule has 2 aromatic rings. The van der Waals surface area contributed by atoms with Gasteiger partial charge in [-0.1, -0.05) is 0 Å². The van der Waals surface area contributed by atoms with Gasteiger partial charge in [-0.2, -0.15) is 0 Å². The van der Waals surface area contributed by atoms with Crippen molar-refractivity contribution < 1.29 is 14.2 Å². The number of nitrogens with zero attached hydrogens (tertiary/aromatic N) is 3. The van der Waals surface area contributed by atoms with Gasteiger partial charge in [-0.05, 0) is 18.6 Å². The molecule has 1 aromatic carbocycles. The van der Waals surface area contributed by atoms with Crippen molar-refractivity contribution >= 4 is 16.7 Å². The molecule has 1 saturated heterocycles. The second-order valence-corrected chi connectivity index (χ2v) is 6.51. The SMILES string of the molecule is COc1c(OCCCN2CCOCC2)ccc2c3n(c(=N)nc12)CCN3. The van der Waals surface area contributed by atoms with Gasteiger partial charge in [0.05, 0.1) is 26.9 Å². The fourth-order valence-corrected chi connectivity index (χ4v) is 3.57. The number of methoxy groups -OCH3 is 1. The van der Waals surface area contributed by atoms with Gasteiger partial charge >= 0.3 is 0 Å². The summed E-state index contributed by atoms with van der Waals surface area (Å²) in [6, 6.07) is 3.92. The molecule has 0 bridgehead atoms. The number of aromatic nitrogens is 2. The average Bonchev–Trinajstić information content (AvgIpc) is 3.16. The Kier molecular flexibility index (Phi) is 4.94. The predicted octanol–water partition coefficient (Wildman–Crippen LogP) is 1.05. The van der Waals surface area contributed by atoms with Gasteiger partial charge in [0.25, 0.3) is 0 Å². The molecule has 4 rings (SSSR count). The molecule has 1 aromatic heterocycles. The molecule has 8 nitrogen and oxygen atoms in total. The lowest BCUT2D eigenvalue weighted by atomic mass is 10.2. The highest BCUT2D eigenvalue weighted by Gasteiger charge is 2.19. The van der Waals surface area contributed by atoms with Crippen LogP contribution in [0.4, 0.5) is 5.82 Å². The number of fused-ring (bicyclic) bond motifs is 3. The molecule has 0 unspecified atom stereocenters. The van der Waals surface area contributed by atoms with Crippen molar-refractivity contribution in [3.63, 3.8) is 0 Å². The van der Waals surface area contributed by atoms with Crippen LogP contribution < -0.4 is 20.4 Å². The van der Waals surface area contributed by atoms with E-state index in [1.807, 2.05) is 16.7 Å². The Morgan fingerprint density at radius 2 is 2.12 bits per heavy atom. The summed E-state index contributed by atoms with van der Waals surface area (Å²) < 4.78 is 18.8. The van der Waals surface area contributed by atoms with Crippen LogP contribution in [0.15, 0.2) is 12.1 Å². The zero-order valence-corrected chi connectivity index (χ0v) is 15.1. The Balaban J connectivity index is 1.50. The molecule has 2 N–H and O–H groups in total. The van der Waals surface area contributed by atoms with Crippen molar-refractivity contribution in [1.82, 2.24) is 14.5 Å². The van der Waals surface area contributed by atoms with E-state index in [2.05, 4.69) is 15.2 Å². The summed E-state index contributed by atoms with van der Waals surface area (Å²) >= 11 is 0. The number of anilines is 1. The third kappa shape index (κ3) is 3.22. The summed E-state index contributed by atoms with van der Waals surface area (Å²) in [5.41, 5.74) is 0.907. The highest BCUT2D eigenvalue weighted by Crippen LogP contribution is 2.37. The Morgan fingerprint density at radius 1 is 1.27 bits per heavy atom. The first kappa shape index (κ1) is 17.1. The van der Waals surface area contributed by atoms with Crippen molar-refractivity contribution in [3.8, 4) is 11.5 Å². The Labute approximate surface area is 152 Å². The molecule has 0 saturated carbocycles. The van der Waals surface area contributed by atoms with Crippen molar-refractivity contribution in [2.45, 2.75) is 13.0 Å². The van der Waals surface area contributed by atoms with E-state index in [-0.39, 0.29) is 5.62 Å². The van der Waals surface area contributed by atoms with E-state index >= 15 is 0 Å². The molecule has 140 valence electrons. The molecule has 1 fully saturated rings. The fraction of sp³-hybridized carbons (Fsp3) is 0.556. The van der Waals surface area contributed by atoms with E-state index in [4.69, 9.17) is 19.6 Å². The van der Waals surface area contributed by atoms with Gasteiger partial charge in [0.15, 0.2) is 11.5 Å². The number of ether oxygens (including phenoxy) is 3. The summed E-state index contributed by atoms with van der Waals surface area (Å²) in [6.45, 7) is 6.81. The molecule has 8 heteroatoms. The zero-order valence-electron chi connectivity index (χ0n) is 15.1. The van der Waals surface area contributed by atoms with Crippen LogP contribution in [0.5, 0.6) is 11.5 Å². The molecular weight excluding hydrogens is 334 g/mol. The van der Waals surface area contributed by atoms with E-state index in [0.717, 1.165) is 63.6 Å². The average molecular weight is 359 g/mol. The van der Waals surface area contributed by atoms with Crippen molar-refractivity contribution in [2.75, 3.05) is 58.4 Å². The van der Waals surface area contributed by atoms with Gasteiger partial charge in [-0.15, -0.1) is 0 Å². The standard InChI is InChI=1S/C18H25N5O3/c1-24-16-14(26-10-2-6-22-8-11-25-12-9-22)4-3-13-15(16)21-18(19)23-7-5-20-17(13)23/h3-4,19-20H,2,5-12H2,1H3. The maximum atomic E-state index is 8.16. The van der Waals surface area contributed by atoms with Crippen LogP contribution in [0.2, 0.25) is 0 Å². The number of hydrogen-bond acceptors (Lipinski definition) is 7. The summed E-state index contributed by atoms with van der Waals surface area (Å²) in [5.74, 6) is 2.20. The van der Waals surface area contributed by atoms with E-state index in [1.165, 1.54) is 0 Å². The molecule has 0 amide bonds. The molecule has 26 heavy (non-hydrogen) atoms. The molecular formula is C18H25N5O3. The maximum Gasteiger partial charge on any atom is 0.224 e. The molecule has 2 aliphatic rings. The zero-order chi connectivity index (χ0) is 17.9. The van der Waals surface area contributed by atoms with Gasteiger partial charge in [0.2, 0.25) is 5.62 Å². The second-order valence-electron chi connectivity index (χ2n) is 6.51. The molecule has 0 spiro atoms. The lowest BCUT2D eigenvalue weighted by Crippen LogP contribution is -2.37. The topological polar surface area (TPSA) is 84.6 Å². The first-order chi connectivity index (χ1) is 12.8. The monoisotopic (exact) mass is 359 g/mol. The minimum absolute atomic E-state index is 0.236. The van der Waals surface area contributed by atoms with Crippen LogP contribution in [0.3, 0.4) is 0 Å². The number of hydrogen-bond donors (Lipinski definition) is 2. The summed E-state index contributed by atoms with van der Waals surface area (Å²) in [6.07, 6.45) is 0.944. The summed E-state index contributed by atoms with van der Waals surface area (Å²) in [5, 5.41) is 12.4. The quantitative estimate of drug-likeness (QED) is 0.750. The minimum atomic E-state index is 0.236. The van der Waals surface area contributed by atoms with Gasteiger partial charge in [-0.25, -0.2) is 4.98 Å². The Morgan fingerprint density at radius 3 is 2.92 bits per heavy atom. The molecule has 0 aliphatic carbocycles. The normalized spacial score (nSPS) is 17.1. The van der Waals surface area contributed by atoms with E-state index in [9.17, 15) is 0 Å². The maximum absolute atomic E-state index is 8.16. The van der Waals surface area contributed by atoms with Crippen LogP contribution in [-0.2, 0) is 11.3 Å². The number of nitrogens with one attached hydrogen (secondary N) is 2. The summed E-state index contributed by atoms with van der Waals surface area (Å²) in [4.78, 5) is 6.84. The van der Waals surface area contributed by atoms with Crippen LogP contribution >= 0.6 is 0 Å². The Bertz CT molecular complexity index is 845. The highest BCUT2D eigenvalue weighted by molar-refractivity contribution is 5.95. The van der Waals surface area contributed by atoms with Crippen LogP contribution in [0, 0.1) is 5.41 Å². The van der Waals surface area contributed by atoms with Crippen LogP contribution in [-0.4, -0.2) is 67.6 Å². The van der Waals surface area contributed by atoms with Crippen molar-refractivity contribution in [1.29, 1.82) is 5.41 Å².